The van der Waals surface area contributed by atoms with E-state index in [1.807, 2.05) is 0 Å². The smallest absolute Gasteiger partial charge is 0.219 e. The number of hydrogen-bond donors (Lipinski definition) is 1. The highest BCUT2D eigenvalue weighted by atomic mass is 32.2. The number of hydrogen-bond acceptors (Lipinski definition) is 4. The van der Waals surface area contributed by atoms with Gasteiger partial charge in [-0.1, -0.05) is 37.5 Å². The van der Waals surface area contributed by atoms with Crippen molar-refractivity contribution >= 4 is 10.0 Å². The third kappa shape index (κ3) is 3.57. The van der Waals surface area contributed by atoms with Crippen LogP contribution in [0.15, 0.2) is 24.3 Å². The Balaban J connectivity index is 1.83. The van der Waals surface area contributed by atoms with Crippen molar-refractivity contribution in [2.75, 3.05) is 13.7 Å². The Labute approximate surface area is 136 Å². The zero-order valence-electron chi connectivity index (χ0n) is 13.2. The van der Waals surface area contributed by atoms with Gasteiger partial charge in [0.25, 0.3) is 0 Å². The van der Waals surface area contributed by atoms with Crippen molar-refractivity contribution in [3.05, 3.63) is 35.6 Å². The highest BCUT2D eigenvalue weighted by molar-refractivity contribution is 7.90. The first-order chi connectivity index (χ1) is 11.0. The third-order valence-corrected chi connectivity index (χ3v) is 6.60. The Morgan fingerprint density at radius 2 is 1.91 bits per heavy atom. The normalized spacial score (nSPS) is 27.4. The van der Waals surface area contributed by atoms with Crippen LogP contribution in [0, 0.1) is 5.82 Å². The minimum Gasteiger partial charge on any atom is -0.297 e. The number of halogens is 1. The summed E-state index contributed by atoms with van der Waals surface area (Å²) in [6, 6.07) is 5.62. The first-order valence-corrected chi connectivity index (χ1v) is 9.65. The van der Waals surface area contributed by atoms with Crippen LogP contribution in [0.3, 0.4) is 0 Å². The fourth-order valence-electron chi connectivity index (χ4n) is 3.51. The second-order valence-corrected chi connectivity index (χ2v) is 8.28. The summed E-state index contributed by atoms with van der Waals surface area (Å²) in [6.07, 6.45) is 4.99. The second-order valence-electron chi connectivity index (χ2n) is 6.34. The van der Waals surface area contributed by atoms with Crippen LogP contribution in [0.25, 0.3) is 0 Å². The number of hydroxylamine groups is 2. The van der Waals surface area contributed by atoms with Gasteiger partial charge >= 0.3 is 0 Å². The number of benzene rings is 1. The van der Waals surface area contributed by atoms with Gasteiger partial charge in [0.05, 0.1) is 12.6 Å². The topological polar surface area (TPSA) is 58.6 Å². The van der Waals surface area contributed by atoms with Gasteiger partial charge in [0.1, 0.15) is 11.1 Å². The quantitative estimate of drug-likeness (QED) is 0.913. The number of sulfonamides is 1. The molecule has 0 bridgehead atoms. The summed E-state index contributed by atoms with van der Waals surface area (Å²) in [7, 11) is -1.94. The minimum absolute atomic E-state index is 0.0130. The minimum atomic E-state index is -3.59. The lowest BCUT2D eigenvalue weighted by Gasteiger charge is -2.27. The fraction of sp³-hybridized carbons (Fsp3) is 0.625. The van der Waals surface area contributed by atoms with E-state index in [2.05, 4.69) is 4.72 Å². The summed E-state index contributed by atoms with van der Waals surface area (Å²) in [5.41, 5.74) is 0.353. The number of rotatable bonds is 4. The van der Waals surface area contributed by atoms with E-state index in [0.717, 1.165) is 32.1 Å². The molecule has 1 aromatic carbocycles. The number of nitrogens with one attached hydrogen (secondary N) is 1. The summed E-state index contributed by atoms with van der Waals surface area (Å²) in [5.74, 6) is -0.410. The van der Waals surface area contributed by atoms with Crippen LogP contribution in [0.1, 0.15) is 43.7 Å². The van der Waals surface area contributed by atoms with Crippen molar-refractivity contribution in [3.63, 3.8) is 0 Å². The first-order valence-electron chi connectivity index (χ1n) is 8.10. The van der Waals surface area contributed by atoms with Crippen LogP contribution in [-0.2, 0) is 14.9 Å². The van der Waals surface area contributed by atoms with Crippen molar-refractivity contribution in [2.45, 2.75) is 49.4 Å². The van der Waals surface area contributed by atoms with Gasteiger partial charge in [-0.15, -0.1) is 0 Å². The van der Waals surface area contributed by atoms with E-state index in [4.69, 9.17) is 4.84 Å². The average molecular weight is 342 g/mol. The molecule has 5 nitrogen and oxygen atoms in total. The highest BCUT2D eigenvalue weighted by Gasteiger charge is 2.44. The van der Waals surface area contributed by atoms with Crippen LogP contribution in [0.4, 0.5) is 4.39 Å². The molecule has 1 saturated heterocycles. The Morgan fingerprint density at radius 3 is 2.61 bits per heavy atom. The van der Waals surface area contributed by atoms with E-state index in [-0.39, 0.29) is 12.6 Å². The summed E-state index contributed by atoms with van der Waals surface area (Å²) in [6.45, 7) is 0.0392. The Bertz CT molecular complexity index is 646. The van der Waals surface area contributed by atoms with E-state index < -0.39 is 27.1 Å². The molecule has 0 unspecified atom stereocenters. The average Bonchev–Trinajstić information content (AvgIpc) is 2.91. The van der Waals surface area contributed by atoms with Gasteiger partial charge in [-0.2, -0.15) is 5.06 Å². The molecular formula is C16H23FN2O3S. The lowest BCUT2D eigenvalue weighted by Crippen LogP contribution is -2.44. The van der Waals surface area contributed by atoms with Gasteiger partial charge in [-0.3, -0.25) is 4.84 Å². The van der Waals surface area contributed by atoms with Gasteiger partial charge in [0.15, 0.2) is 0 Å². The molecule has 0 spiro atoms. The molecule has 1 N–H and O–H groups in total. The van der Waals surface area contributed by atoms with E-state index in [0.29, 0.717) is 5.56 Å². The Morgan fingerprint density at radius 1 is 1.22 bits per heavy atom. The molecular weight excluding hydrogens is 319 g/mol. The largest absolute Gasteiger partial charge is 0.297 e. The standard InChI is InChI=1S/C16H23FN2O3S/c1-19-16(13-9-5-6-10-14(13)17)15(11-22-19)23(20,21)18-12-7-3-2-4-8-12/h5-6,9-10,12,15-16,18H,2-4,7-8,11H2,1H3/t15-,16-/m0/s1. The molecule has 7 heteroatoms. The number of nitrogens with zero attached hydrogens (tertiary/aromatic N) is 1. The fourth-order valence-corrected chi connectivity index (χ4v) is 5.28. The van der Waals surface area contributed by atoms with Crippen LogP contribution < -0.4 is 4.72 Å². The summed E-state index contributed by atoms with van der Waals surface area (Å²) >= 11 is 0. The first kappa shape index (κ1) is 16.8. The molecule has 1 aromatic rings. The molecule has 128 valence electrons. The van der Waals surface area contributed by atoms with Crippen molar-refractivity contribution in [1.29, 1.82) is 0 Å². The third-order valence-electron chi connectivity index (χ3n) is 4.74. The van der Waals surface area contributed by atoms with E-state index in [1.165, 1.54) is 11.1 Å². The van der Waals surface area contributed by atoms with Gasteiger partial charge in [0, 0.05) is 18.7 Å². The molecule has 3 rings (SSSR count). The van der Waals surface area contributed by atoms with E-state index >= 15 is 0 Å². The van der Waals surface area contributed by atoms with Gasteiger partial charge in [-0.25, -0.2) is 17.5 Å². The summed E-state index contributed by atoms with van der Waals surface area (Å²) in [5, 5.41) is 0.634. The molecule has 2 fully saturated rings. The predicted octanol–water partition coefficient (Wildman–Crippen LogP) is 2.36. The second kappa shape index (κ2) is 6.84. The maximum absolute atomic E-state index is 14.1. The van der Waals surface area contributed by atoms with Crippen molar-refractivity contribution in [1.82, 2.24) is 9.79 Å². The lowest BCUT2D eigenvalue weighted by molar-refractivity contribution is -0.111. The molecule has 0 aromatic heterocycles. The van der Waals surface area contributed by atoms with Crippen LogP contribution in [0.2, 0.25) is 0 Å². The van der Waals surface area contributed by atoms with Gasteiger partial charge in [0.2, 0.25) is 10.0 Å². The summed E-state index contributed by atoms with van der Waals surface area (Å²) in [4.78, 5) is 5.41. The zero-order chi connectivity index (χ0) is 16.4. The maximum Gasteiger partial charge on any atom is 0.219 e. The van der Waals surface area contributed by atoms with Gasteiger partial charge < -0.3 is 0 Å². The molecule has 1 saturated carbocycles. The molecule has 2 atom stereocenters. The van der Waals surface area contributed by atoms with Crippen molar-refractivity contribution < 1.29 is 17.6 Å². The molecule has 0 radical (unpaired) electrons. The maximum atomic E-state index is 14.1. The van der Waals surface area contributed by atoms with Crippen LogP contribution >= 0.6 is 0 Å². The van der Waals surface area contributed by atoms with E-state index in [1.54, 1.807) is 25.2 Å². The molecule has 1 heterocycles. The molecule has 1 aliphatic carbocycles. The van der Waals surface area contributed by atoms with Crippen molar-refractivity contribution in [2.24, 2.45) is 0 Å². The summed E-state index contributed by atoms with van der Waals surface area (Å²) < 4.78 is 42.6. The molecule has 0 amide bonds. The van der Waals surface area contributed by atoms with Crippen molar-refractivity contribution in [3.8, 4) is 0 Å². The molecule has 23 heavy (non-hydrogen) atoms. The Hall–Kier alpha value is -1.02. The van der Waals surface area contributed by atoms with Crippen LogP contribution in [-0.4, -0.2) is 38.4 Å². The SMILES string of the molecule is CN1OC[C@H](S(=O)(=O)NC2CCCCC2)[C@@H]1c1ccccc1F. The zero-order valence-corrected chi connectivity index (χ0v) is 14.1. The highest BCUT2D eigenvalue weighted by Crippen LogP contribution is 2.35. The van der Waals surface area contributed by atoms with Gasteiger partial charge in [-0.05, 0) is 18.9 Å². The molecule has 2 aliphatic rings. The van der Waals surface area contributed by atoms with Crippen LogP contribution in [0.5, 0.6) is 0 Å². The predicted molar refractivity (Wildman–Crippen MR) is 85.6 cm³/mol. The Kier molecular flexibility index (Phi) is 5.01. The monoisotopic (exact) mass is 342 g/mol. The lowest BCUT2D eigenvalue weighted by atomic mass is 9.96. The molecule has 1 aliphatic heterocycles. The van der Waals surface area contributed by atoms with E-state index in [9.17, 15) is 12.8 Å².